The normalized spacial score (nSPS) is 38.0. The van der Waals surface area contributed by atoms with Crippen molar-refractivity contribution in [1.82, 2.24) is 5.32 Å². The molecule has 54 valence electrons. The van der Waals surface area contributed by atoms with Gasteiger partial charge in [-0.1, -0.05) is 6.92 Å². The van der Waals surface area contributed by atoms with E-state index in [9.17, 15) is 0 Å². The molecule has 1 nitrogen and oxygen atoms in total. The molecule has 1 aliphatic rings. The van der Waals surface area contributed by atoms with E-state index in [1.54, 1.807) is 0 Å². The predicted molar refractivity (Wildman–Crippen MR) is 44.0 cm³/mol. The van der Waals surface area contributed by atoms with Crippen molar-refractivity contribution in [2.45, 2.75) is 31.6 Å². The molecular formula is C7H15NS. The van der Waals surface area contributed by atoms with E-state index in [-0.39, 0.29) is 0 Å². The van der Waals surface area contributed by atoms with Gasteiger partial charge in [0.1, 0.15) is 0 Å². The Bertz CT molecular complexity index is 75.0. The lowest BCUT2D eigenvalue weighted by Crippen LogP contribution is -2.26. The first-order valence-electron chi connectivity index (χ1n) is 3.64. The van der Waals surface area contributed by atoms with Gasteiger partial charge in [-0.15, -0.1) is 0 Å². The molecule has 0 saturated carbocycles. The fraction of sp³-hybridized carbons (Fsp3) is 1.00. The summed E-state index contributed by atoms with van der Waals surface area (Å²) < 4.78 is 0. The fourth-order valence-electron chi connectivity index (χ4n) is 0.984. The second kappa shape index (κ2) is 3.47. The summed E-state index contributed by atoms with van der Waals surface area (Å²) in [6, 6.07) is 0.722. The monoisotopic (exact) mass is 145 g/mol. The van der Waals surface area contributed by atoms with E-state index in [1.165, 1.54) is 18.7 Å². The Hall–Kier alpha value is 0.310. The van der Waals surface area contributed by atoms with Gasteiger partial charge < -0.3 is 5.32 Å². The van der Waals surface area contributed by atoms with Gasteiger partial charge in [0, 0.05) is 17.0 Å². The molecule has 2 unspecified atom stereocenters. The van der Waals surface area contributed by atoms with Crippen LogP contribution in [0.1, 0.15) is 20.3 Å². The third kappa shape index (κ3) is 2.59. The smallest absolute Gasteiger partial charge is 0.0130 e. The first kappa shape index (κ1) is 7.42. The highest BCUT2D eigenvalue weighted by Crippen LogP contribution is 2.17. The quantitative estimate of drug-likeness (QED) is 0.554. The van der Waals surface area contributed by atoms with Crippen molar-refractivity contribution in [1.29, 1.82) is 0 Å². The van der Waals surface area contributed by atoms with Crippen molar-refractivity contribution in [3.05, 3.63) is 0 Å². The van der Waals surface area contributed by atoms with E-state index in [1.807, 2.05) is 0 Å². The summed E-state index contributed by atoms with van der Waals surface area (Å²) >= 11 is 2.08. The summed E-state index contributed by atoms with van der Waals surface area (Å²) in [7, 11) is 0. The van der Waals surface area contributed by atoms with E-state index in [4.69, 9.17) is 0 Å². The van der Waals surface area contributed by atoms with Crippen LogP contribution in [0.5, 0.6) is 0 Å². The molecule has 0 amide bonds. The minimum absolute atomic E-state index is 0.722. The van der Waals surface area contributed by atoms with Crippen LogP contribution < -0.4 is 5.32 Å². The standard InChI is InChI=1S/C7H15NS/c1-6-5-9-7(2)3-4-8-6/h6-8H,3-5H2,1-2H3. The Balaban J connectivity index is 2.25. The molecule has 1 aliphatic heterocycles. The molecule has 1 saturated heterocycles. The van der Waals surface area contributed by atoms with Crippen LogP contribution in [0.2, 0.25) is 0 Å². The minimum atomic E-state index is 0.722. The number of rotatable bonds is 0. The van der Waals surface area contributed by atoms with Gasteiger partial charge in [0.05, 0.1) is 0 Å². The molecule has 0 spiro atoms. The highest BCUT2D eigenvalue weighted by atomic mass is 32.2. The molecule has 0 radical (unpaired) electrons. The van der Waals surface area contributed by atoms with Crippen molar-refractivity contribution in [3.63, 3.8) is 0 Å². The zero-order chi connectivity index (χ0) is 6.69. The first-order chi connectivity index (χ1) is 4.29. The van der Waals surface area contributed by atoms with Gasteiger partial charge in [-0.2, -0.15) is 11.8 Å². The molecule has 1 N–H and O–H groups in total. The second-order valence-corrected chi connectivity index (χ2v) is 4.26. The zero-order valence-corrected chi connectivity index (χ0v) is 7.00. The van der Waals surface area contributed by atoms with Crippen LogP contribution in [0.4, 0.5) is 0 Å². The maximum atomic E-state index is 3.45. The summed E-state index contributed by atoms with van der Waals surface area (Å²) in [5, 5.41) is 4.32. The molecule has 1 rings (SSSR count). The maximum absolute atomic E-state index is 3.45. The third-order valence-electron chi connectivity index (χ3n) is 1.67. The molecule has 0 bridgehead atoms. The summed E-state index contributed by atoms with van der Waals surface area (Å²) in [6.45, 7) is 5.77. The topological polar surface area (TPSA) is 12.0 Å². The Morgan fingerprint density at radius 3 is 3.00 bits per heavy atom. The molecule has 2 heteroatoms. The molecule has 0 aromatic heterocycles. The summed E-state index contributed by atoms with van der Waals surface area (Å²) in [4.78, 5) is 0. The van der Waals surface area contributed by atoms with E-state index in [2.05, 4.69) is 30.9 Å². The van der Waals surface area contributed by atoms with Crippen LogP contribution in [0, 0.1) is 0 Å². The molecule has 0 aliphatic carbocycles. The van der Waals surface area contributed by atoms with Crippen molar-refractivity contribution >= 4 is 11.8 Å². The lowest BCUT2D eigenvalue weighted by atomic mass is 10.3. The van der Waals surface area contributed by atoms with Crippen LogP contribution in [0.3, 0.4) is 0 Å². The van der Waals surface area contributed by atoms with Gasteiger partial charge in [-0.25, -0.2) is 0 Å². The van der Waals surface area contributed by atoms with Gasteiger partial charge >= 0.3 is 0 Å². The van der Waals surface area contributed by atoms with E-state index in [0.717, 1.165) is 11.3 Å². The predicted octanol–water partition coefficient (Wildman–Crippen LogP) is 1.49. The van der Waals surface area contributed by atoms with Crippen LogP contribution in [0.25, 0.3) is 0 Å². The molecule has 0 aromatic carbocycles. The summed E-state index contributed by atoms with van der Waals surface area (Å²) in [6.07, 6.45) is 1.33. The lowest BCUT2D eigenvalue weighted by Gasteiger charge is -2.06. The van der Waals surface area contributed by atoms with E-state index < -0.39 is 0 Å². The summed E-state index contributed by atoms with van der Waals surface area (Å²) in [5.74, 6) is 1.28. The largest absolute Gasteiger partial charge is 0.313 e. The SMILES string of the molecule is CC1CSC(C)CCN1. The molecule has 1 fully saturated rings. The van der Waals surface area contributed by atoms with Crippen molar-refractivity contribution in [3.8, 4) is 0 Å². The minimum Gasteiger partial charge on any atom is -0.313 e. The summed E-state index contributed by atoms with van der Waals surface area (Å²) in [5.41, 5.74) is 0. The fourth-order valence-corrected chi connectivity index (χ4v) is 2.00. The first-order valence-corrected chi connectivity index (χ1v) is 4.69. The van der Waals surface area contributed by atoms with Crippen LogP contribution in [-0.4, -0.2) is 23.6 Å². The van der Waals surface area contributed by atoms with Gasteiger partial charge in [0.25, 0.3) is 0 Å². The van der Waals surface area contributed by atoms with Crippen LogP contribution in [-0.2, 0) is 0 Å². The Morgan fingerprint density at radius 2 is 2.22 bits per heavy atom. The Labute approximate surface area is 61.6 Å². The number of hydrogen-bond acceptors (Lipinski definition) is 2. The number of nitrogens with one attached hydrogen (secondary N) is 1. The number of hydrogen-bond donors (Lipinski definition) is 1. The Kier molecular flexibility index (Phi) is 2.86. The van der Waals surface area contributed by atoms with Crippen LogP contribution >= 0.6 is 11.8 Å². The highest BCUT2D eigenvalue weighted by molar-refractivity contribution is 7.99. The van der Waals surface area contributed by atoms with E-state index >= 15 is 0 Å². The molecule has 0 aromatic rings. The average Bonchev–Trinajstić information content (AvgIpc) is 1.97. The van der Waals surface area contributed by atoms with Crippen molar-refractivity contribution in [2.24, 2.45) is 0 Å². The Morgan fingerprint density at radius 1 is 1.44 bits per heavy atom. The average molecular weight is 145 g/mol. The van der Waals surface area contributed by atoms with E-state index in [0.29, 0.717) is 0 Å². The molecular weight excluding hydrogens is 130 g/mol. The second-order valence-electron chi connectivity index (χ2n) is 2.79. The van der Waals surface area contributed by atoms with Crippen LogP contribution in [0.15, 0.2) is 0 Å². The zero-order valence-electron chi connectivity index (χ0n) is 6.18. The van der Waals surface area contributed by atoms with Gasteiger partial charge in [0.15, 0.2) is 0 Å². The maximum Gasteiger partial charge on any atom is 0.0130 e. The van der Waals surface area contributed by atoms with Gasteiger partial charge in [-0.05, 0) is 19.9 Å². The van der Waals surface area contributed by atoms with Gasteiger partial charge in [-0.3, -0.25) is 0 Å². The highest BCUT2D eigenvalue weighted by Gasteiger charge is 2.10. The molecule has 1 heterocycles. The number of thioether (sulfide) groups is 1. The van der Waals surface area contributed by atoms with Crippen molar-refractivity contribution in [2.75, 3.05) is 12.3 Å². The van der Waals surface area contributed by atoms with Gasteiger partial charge in [0.2, 0.25) is 0 Å². The van der Waals surface area contributed by atoms with Crippen molar-refractivity contribution < 1.29 is 0 Å². The lowest BCUT2D eigenvalue weighted by molar-refractivity contribution is 0.591. The molecule has 9 heavy (non-hydrogen) atoms. The third-order valence-corrected chi connectivity index (χ3v) is 3.17. The molecule has 2 atom stereocenters.